The number of benzene rings is 10. The predicted molar refractivity (Wildman–Crippen MR) is 267 cm³/mol. The van der Waals surface area contributed by atoms with Gasteiger partial charge in [-0.25, -0.2) is 0 Å². The molecule has 2 heteroatoms. The van der Waals surface area contributed by atoms with Gasteiger partial charge in [0.15, 0.2) is 0 Å². The predicted octanol–water partition coefficient (Wildman–Crippen LogP) is 17.1. The Balaban J connectivity index is 1.000. The third-order valence-electron chi connectivity index (χ3n) is 12.9. The molecular formula is C61H46N2. The average Bonchev–Trinajstić information content (AvgIpc) is 3.58. The molecule has 0 saturated carbocycles. The summed E-state index contributed by atoms with van der Waals surface area (Å²) in [5.74, 6) is 0. The number of rotatable bonds is 9. The molecule has 0 fully saturated rings. The smallest absolute Gasteiger partial charge is 0.0546 e. The molecule has 2 nitrogen and oxygen atoms in total. The first kappa shape index (κ1) is 38.0. The Morgan fingerprint density at radius 1 is 0.302 bits per heavy atom. The zero-order valence-corrected chi connectivity index (χ0v) is 35.5. The van der Waals surface area contributed by atoms with Crippen molar-refractivity contribution in [1.29, 1.82) is 0 Å². The van der Waals surface area contributed by atoms with Crippen LogP contribution >= 0.6 is 0 Å². The Bertz CT molecular complexity index is 3190. The van der Waals surface area contributed by atoms with E-state index in [9.17, 15) is 0 Å². The number of anilines is 6. The monoisotopic (exact) mass is 806 g/mol. The molecule has 1 aliphatic rings. The van der Waals surface area contributed by atoms with Gasteiger partial charge in [0, 0.05) is 39.3 Å². The summed E-state index contributed by atoms with van der Waals surface area (Å²) in [5, 5.41) is 2.45. The minimum atomic E-state index is -0.128. The molecule has 0 N–H and O–H groups in total. The van der Waals surface area contributed by atoms with Gasteiger partial charge in [-0.05, 0) is 116 Å². The molecule has 63 heavy (non-hydrogen) atoms. The highest BCUT2D eigenvalue weighted by Crippen LogP contribution is 2.52. The van der Waals surface area contributed by atoms with Gasteiger partial charge < -0.3 is 9.80 Å². The fourth-order valence-electron chi connectivity index (χ4n) is 9.75. The third-order valence-corrected chi connectivity index (χ3v) is 12.9. The Morgan fingerprint density at radius 2 is 0.794 bits per heavy atom. The van der Waals surface area contributed by atoms with Gasteiger partial charge in [-0.1, -0.05) is 196 Å². The number of nitrogens with zero attached hydrogens (tertiary/aromatic N) is 2. The molecule has 1 aliphatic carbocycles. The summed E-state index contributed by atoms with van der Waals surface area (Å²) in [7, 11) is 0. The second-order valence-corrected chi connectivity index (χ2v) is 16.9. The van der Waals surface area contributed by atoms with E-state index in [1.54, 1.807) is 0 Å². The summed E-state index contributed by atoms with van der Waals surface area (Å²) in [6.45, 7) is 4.72. The van der Waals surface area contributed by atoms with Crippen LogP contribution < -0.4 is 9.80 Å². The average molecular weight is 807 g/mol. The van der Waals surface area contributed by atoms with Crippen LogP contribution in [-0.4, -0.2) is 0 Å². The van der Waals surface area contributed by atoms with Crippen molar-refractivity contribution in [3.8, 4) is 44.5 Å². The molecule has 0 aliphatic heterocycles. The van der Waals surface area contributed by atoms with Gasteiger partial charge in [0.2, 0.25) is 0 Å². The zero-order valence-electron chi connectivity index (χ0n) is 35.5. The lowest BCUT2D eigenvalue weighted by molar-refractivity contribution is 0.660. The third kappa shape index (κ3) is 6.77. The Morgan fingerprint density at radius 3 is 1.49 bits per heavy atom. The molecule has 0 bridgehead atoms. The van der Waals surface area contributed by atoms with E-state index in [-0.39, 0.29) is 5.41 Å². The van der Waals surface area contributed by atoms with Crippen LogP contribution in [0.4, 0.5) is 34.1 Å². The molecule has 0 aromatic heterocycles. The number of fused-ring (bicyclic) bond motifs is 4. The van der Waals surface area contributed by atoms with Crippen molar-refractivity contribution in [1.82, 2.24) is 0 Å². The second-order valence-electron chi connectivity index (χ2n) is 16.9. The summed E-state index contributed by atoms with van der Waals surface area (Å²) in [4.78, 5) is 4.80. The van der Waals surface area contributed by atoms with E-state index in [2.05, 4.69) is 266 Å². The lowest BCUT2D eigenvalue weighted by atomic mass is 9.82. The summed E-state index contributed by atoms with van der Waals surface area (Å²) in [6.07, 6.45) is 0. The van der Waals surface area contributed by atoms with Crippen molar-refractivity contribution in [2.24, 2.45) is 0 Å². The maximum atomic E-state index is 2.46. The van der Waals surface area contributed by atoms with Crippen molar-refractivity contribution >= 4 is 44.9 Å². The molecule has 0 saturated heterocycles. The fraction of sp³-hybridized carbons (Fsp3) is 0.0492. The molecule has 300 valence electrons. The highest BCUT2D eigenvalue weighted by Gasteiger charge is 2.36. The van der Waals surface area contributed by atoms with E-state index in [1.807, 2.05) is 0 Å². The van der Waals surface area contributed by atoms with E-state index in [0.29, 0.717) is 0 Å². The molecule has 0 atom stereocenters. The van der Waals surface area contributed by atoms with Gasteiger partial charge in [0.05, 0.1) is 11.4 Å². The van der Waals surface area contributed by atoms with Gasteiger partial charge in [-0.2, -0.15) is 0 Å². The van der Waals surface area contributed by atoms with Crippen LogP contribution in [0.15, 0.2) is 243 Å². The van der Waals surface area contributed by atoms with Crippen LogP contribution in [0.1, 0.15) is 25.0 Å². The first-order valence-corrected chi connectivity index (χ1v) is 21.8. The quantitative estimate of drug-likeness (QED) is 0.143. The maximum Gasteiger partial charge on any atom is 0.0546 e. The Kier molecular flexibility index (Phi) is 9.55. The van der Waals surface area contributed by atoms with Crippen molar-refractivity contribution in [3.63, 3.8) is 0 Å². The van der Waals surface area contributed by atoms with Crippen LogP contribution in [0, 0.1) is 0 Å². The van der Waals surface area contributed by atoms with Crippen LogP contribution in [0.5, 0.6) is 0 Å². The van der Waals surface area contributed by atoms with Gasteiger partial charge in [0.1, 0.15) is 0 Å². The largest absolute Gasteiger partial charge is 0.310 e. The molecule has 0 unspecified atom stereocenters. The number of hydrogen-bond donors (Lipinski definition) is 0. The molecular weight excluding hydrogens is 761 g/mol. The van der Waals surface area contributed by atoms with Gasteiger partial charge in [0.25, 0.3) is 0 Å². The second kappa shape index (κ2) is 15.8. The van der Waals surface area contributed by atoms with Gasteiger partial charge >= 0.3 is 0 Å². The summed E-state index contributed by atoms with van der Waals surface area (Å²) in [5.41, 5.74) is 19.1. The SMILES string of the molecule is CC1(C)c2ccccc2-c2ccc(N(c3ccc(-c4ccc(-c5ccccc5N(c5ccccc5)c5ccccc5)cc4)cc3)c3ccc4ccccc4c3-c3ccccc3)cc21. The molecule has 10 aromatic rings. The highest BCUT2D eigenvalue weighted by atomic mass is 15.1. The molecule has 0 spiro atoms. The van der Waals surface area contributed by atoms with Crippen molar-refractivity contribution in [2.75, 3.05) is 9.80 Å². The number of para-hydroxylation sites is 3. The highest BCUT2D eigenvalue weighted by molar-refractivity contribution is 6.05. The lowest BCUT2D eigenvalue weighted by Gasteiger charge is -2.30. The molecule has 11 rings (SSSR count). The fourth-order valence-corrected chi connectivity index (χ4v) is 9.75. The number of hydrogen-bond acceptors (Lipinski definition) is 2. The zero-order chi connectivity index (χ0) is 42.3. The van der Waals surface area contributed by atoms with Crippen LogP contribution in [0.25, 0.3) is 55.3 Å². The Hall–Kier alpha value is -7.94. The Labute approximate surface area is 370 Å². The van der Waals surface area contributed by atoms with Crippen molar-refractivity contribution in [3.05, 3.63) is 254 Å². The topological polar surface area (TPSA) is 6.48 Å². The lowest BCUT2D eigenvalue weighted by Crippen LogP contribution is -2.17. The summed E-state index contributed by atoms with van der Waals surface area (Å²) >= 11 is 0. The first-order valence-electron chi connectivity index (χ1n) is 21.8. The van der Waals surface area contributed by atoms with Crippen LogP contribution in [0.2, 0.25) is 0 Å². The minimum absolute atomic E-state index is 0.128. The van der Waals surface area contributed by atoms with Crippen LogP contribution in [0.3, 0.4) is 0 Å². The van der Waals surface area contributed by atoms with Crippen molar-refractivity contribution < 1.29 is 0 Å². The van der Waals surface area contributed by atoms with E-state index in [4.69, 9.17) is 0 Å². The van der Waals surface area contributed by atoms with E-state index < -0.39 is 0 Å². The van der Waals surface area contributed by atoms with Crippen molar-refractivity contribution in [2.45, 2.75) is 19.3 Å². The van der Waals surface area contributed by atoms with Gasteiger partial charge in [-0.15, -0.1) is 0 Å². The molecule has 10 aromatic carbocycles. The maximum absolute atomic E-state index is 2.46. The normalized spacial score (nSPS) is 12.4. The summed E-state index contributed by atoms with van der Waals surface area (Å²) < 4.78 is 0. The van der Waals surface area contributed by atoms with Gasteiger partial charge in [-0.3, -0.25) is 0 Å². The van der Waals surface area contributed by atoms with E-state index in [0.717, 1.165) is 34.1 Å². The molecule has 0 heterocycles. The van der Waals surface area contributed by atoms with E-state index in [1.165, 1.54) is 66.4 Å². The standard InChI is InChI=1S/C61H46N2/c1-61(2)56-28-16-14-27-54(56)55-40-39-51(42-57(55)61)63(59-41-36-45-18-12-13-26-53(45)60(59)47-19-6-3-7-20-47)50-37-34-44(35-38-50)43-30-32-46(33-31-43)52-25-15-17-29-58(52)62(48-21-8-4-9-22-48)49-23-10-5-11-24-49/h3-42H,1-2H3. The molecule has 0 amide bonds. The van der Waals surface area contributed by atoms with Crippen LogP contribution in [-0.2, 0) is 5.41 Å². The first-order chi connectivity index (χ1) is 31.0. The van der Waals surface area contributed by atoms with E-state index >= 15 is 0 Å². The minimum Gasteiger partial charge on any atom is -0.310 e. The molecule has 0 radical (unpaired) electrons. The summed E-state index contributed by atoms with van der Waals surface area (Å²) in [6, 6.07) is 88.2.